The van der Waals surface area contributed by atoms with Gasteiger partial charge in [-0.25, -0.2) is 17.9 Å². The van der Waals surface area contributed by atoms with E-state index in [4.69, 9.17) is 0 Å². The molecule has 0 aliphatic rings. The fraction of sp³-hybridized carbons (Fsp3) is 0.118. The van der Waals surface area contributed by atoms with Gasteiger partial charge in [-0.3, -0.25) is 4.79 Å². The molecule has 146 valence electrons. The summed E-state index contributed by atoms with van der Waals surface area (Å²) in [5.41, 5.74) is -2.66. The van der Waals surface area contributed by atoms with Crippen molar-refractivity contribution in [3.63, 3.8) is 0 Å². The van der Waals surface area contributed by atoms with Gasteiger partial charge in [-0.1, -0.05) is 5.21 Å². The molecule has 1 amide bonds. The molecule has 11 heteroatoms. The summed E-state index contributed by atoms with van der Waals surface area (Å²) in [5.74, 6) is -3.71. The molecule has 0 aliphatic carbocycles. The Morgan fingerprint density at radius 1 is 0.964 bits per heavy atom. The number of carbonyl (C=O) groups is 1. The monoisotopic (exact) mass is 400 g/mol. The predicted octanol–water partition coefficient (Wildman–Crippen LogP) is 3.63. The number of rotatable bonds is 4. The maximum atomic E-state index is 13.5. The summed E-state index contributed by atoms with van der Waals surface area (Å²) in [6, 6.07) is 6.38. The average molecular weight is 400 g/mol. The summed E-state index contributed by atoms with van der Waals surface area (Å²) in [4.78, 5) is 12.2. The molecule has 1 aromatic heterocycles. The number of hydrogen-bond donors (Lipinski definition) is 1. The van der Waals surface area contributed by atoms with Crippen molar-refractivity contribution in [1.29, 1.82) is 0 Å². The third-order valence-electron chi connectivity index (χ3n) is 3.60. The van der Waals surface area contributed by atoms with E-state index in [1.54, 1.807) is 0 Å². The average Bonchev–Trinajstić information content (AvgIpc) is 3.05. The van der Waals surface area contributed by atoms with Gasteiger partial charge in [0.15, 0.2) is 11.4 Å². The molecule has 5 nitrogen and oxygen atoms in total. The SMILES string of the molecule is O=C(NCc1cc(F)cc(F)c1)c1nnn(-c2ccc(F)cc2)c1C(F)(F)F. The van der Waals surface area contributed by atoms with E-state index in [1.807, 2.05) is 0 Å². The summed E-state index contributed by atoms with van der Waals surface area (Å²) in [5, 5.41) is 8.71. The number of hydrogen-bond acceptors (Lipinski definition) is 3. The van der Waals surface area contributed by atoms with Gasteiger partial charge in [-0.2, -0.15) is 13.2 Å². The fourth-order valence-corrected chi connectivity index (χ4v) is 2.43. The Balaban J connectivity index is 1.90. The summed E-state index contributed by atoms with van der Waals surface area (Å²) in [6.07, 6.45) is -5.00. The van der Waals surface area contributed by atoms with Crippen molar-refractivity contribution in [3.8, 4) is 5.69 Å². The second-order valence-electron chi connectivity index (χ2n) is 5.63. The van der Waals surface area contributed by atoms with Crippen LogP contribution in [-0.2, 0) is 12.7 Å². The highest BCUT2D eigenvalue weighted by Crippen LogP contribution is 2.32. The molecule has 0 saturated carbocycles. The van der Waals surface area contributed by atoms with Crippen molar-refractivity contribution in [3.05, 3.63) is 76.9 Å². The molecule has 0 unspecified atom stereocenters. The highest BCUT2D eigenvalue weighted by Gasteiger charge is 2.42. The minimum Gasteiger partial charge on any atom is -0.346 e. The van der Waals surface area contributed by atoms with Gasteiger partial charge < -0.3 is 5.32 Å². The minimum absolute atomic E-state index is 0.00494. The zero-order chi connectivity index (χ0) is 20.5. The van der Waals surface area contributed by atoms with Crippen LogP contribution in [0.3, 0.4) is 0 Å². The van der Waals surface area contributed by atoms with E-state index < -0.39 is 47.5 Å². The number of nitrogens with one attached hydrogen (secondary N) is 1. The molecule has 3 aromatic rings. The van der Waals surface area contributed by atoms with E-state index >= 15 is 0 Å². The smallest absolute Gasteiger partial charge is 0.346 e. The Kier molecular flexibility index (Phi) is 5.08. The van der Waals surface area contributed by atoms with E-state index in [0.717, 1.165) is 36.4 Å². The number of amides is 1. The molecular formula is C17H10F6N4O. The Bertz CT molecular complexity index is 993. The Hall–Kier alpha value is -3.37. The topological polar surface area (TPSA) is 59.8 Å². The lowest BCUT2D eigenvalue weighted by Gasteiger charge is -2.11. The van der Waals surface area contributed by atoms with Crippen LogP contribution in [0, 0.1) is 17.5 Å². The largest absolute Gasteiger partial charge is 0.435 e. The predicted molar refractivity (Wildman–Crippen MR) is 83.8 cm³/mol. The lowest BCUT2D eigenvalue weighted by atomic mass is 10.2. The molecule has 0 bridgehead atoms. The third kappa shape index (κ3) is 4.13. The second kappa shape index (κ2) is 7.33. The minimum atomic E-state index is -5.00. The van der Waals surface area contributed by atoms with Gasteiger partial charge in [0.05, 0.1) is 5.69 Å². The highest BCUT2D eigenvalue weighted by molar-refractivity contribution is 5.93. The zero-order valence-electron chi connectivity index (χ0n) is 13.8. The first-order valence-corrected chi connectivity index (χ1v) is 7.67. The Labute approximate surface area is 153 Å². The van der Waals surface area contributed by atoms with Gasteiger partial charge in [-0.05, 0) is 42.0 Å². The lowest BCUT2D eigenvalue weighted by Crippen LogP contribution is -2.27. The zero-order valence-corrected chi connectivity index (χ0v) is 13.8. The van der Waals surface area contributed by atoms with Gasteiger partial charge >= 0.3 is 6.18 Å². The third-order valence-corrected chi connectivity index (χ3v) is 3.60. The van der Waals surface area contributed by atoms with Crippen LogP contribution in [0.5, 0.6) is 0 Å². The van der Waals surface area contributed by atoms with Crippen LogP contribution in [0.2, 0.25) is 0 Å². The summed E-state index contributed by atoms with van der Waals surface area (Å²) >= 11 is 0. The van der Waals surface area contributed by atoms with E-state index in [1.165, 1.54) is 0 Å². The van der Waals surface area contributed by atoms with E-state index in [9.17, 15) is 31.1 Å². The molecule has 0 fully saturated rings. The van der Waals surface area contributed by atoms with Crippen LogP contribution in [-0.4, -0.2) is 20.9 Å². The molecule has 0 saturated heterocycles. The molecule has 0 aliphatic heterocycles. The number of carbonyl (C=O) groups excluding carboxylic acids is 1. The van der Waals surface area contributed by atoms with Crippen LogP contribution < -0.4 is 5.32 Å². The first-order chi connectivity index (χ1) is 13.1. The fourth-order valence-electron chi connectivity index (χ4n) is 2.43. The van der Waals surface area contributed by atoms with Crippen LogP contribution >= 0.6 is 0 Å². The van der Waals surface area contributed by atoms with Crippen molar-refractivity contribution < 1.29 is 31.1 Å². The van der Waals surface area contributed by atoms with Gasteiger partial charge in [-0.15, -0.1) is 5.10 Å². The van der Waals surface area contributed by atoms with Crippen LogP contribution in [0.15, 0.2) is 42.5 Å². The number of alkyl halides is 3. The van der Waals surface area contributed by atoms with Gasteiger partial charge in [0.25, 0.3) is 5.91 Å². The number of benzene rings is 2. The second-order valence-corrected chi connectivity index (χ2v) is 5.63. The molecule has 2 aromatic carbocycles. The Morgan fingerprint density at radius 3 is 2.14 bits per heavy atom. The summed E-state index contributed by atoms with van der Waals surface area (Å²) in [7, 11) is 0. The molecule has 3 rings (SSSR count). The lowest BCUT2D eigenvalue weighted by molar-refractivity contribution is -0.143. The molecule has 1 heterocycles. The maximum absolute atomic E-state index is 13.5. The van der Waals surface area contributed by atoms with Crippen molar-refractivity contribution in [2.75, 3.05) is 0 Å². The summed E-state index contributed by atoms with van der Waals surface area (Å²) < 4.78 is 80.1. The molecule has 0 radical (unpaired) electrons. The maximum Gasteiger partial charge on any atom is 0.435 e. The van der Waals surface area contributed by atoms with Crippen LogP contribution in [0.4, 0.5) is 26.3 Å². The summed E-state index contributed by atoms with van der Waals surface area (Å²) in [6.45, 7) is -0.436. The number of halogens is 6. The van der Waals surface area contributed by atoms with E-state index in [0.29, 0.717) is 10.7 Å². The van der Waals surface area contributed by atoms with E-state index in [2.05, 4.69) is 15.6 Å². The highest BCUT2D eigenvalue weighted by atomic mass is 19.4. The molecule has 0 spiro atoms. The molecular weight excluding hydrogens is 390 g/mol. The first-order valence-electron chi connectivity index (χ1n) is 7.67. The van der Waals surface area contributed by atoms with Crippen molar-refractivity contribution in [2.45, 2.75) is 12.7 Å². The standard InChI is InChI=1S/C17H10F6N4O/c18-10-1-3-13(4-2-10)27-15(17(21,22)23)14(25-26-27)16(28)24-8-9-5-11(19)7-12(20)6-9/h1-7H,8H2,(H,24,28). The normalized spacial score (nSPS) is 11.5. The molecule has 1 N–H and O–H groups in total. The van der Waals surface area contributed by atoms with Gasteiger partial charge in [0.2, 0.25) is 0 Å². The van der Waals surface area contributed by atoms with Gasteiger partial charge in [0.1, 0.15) is 17.5 Å². The van der Waals surface area contributed by atoms with Crippen LogP contribution in [0.1, 0.15) is 21.7 Å². The number of nitrogens with zero attached hydrogens (tertiary/aromatic N) is 3. The Morgan fingerprint density at radius 2 is 1.57 bits per heavy atom. The molecule has 28 heavy (non-hydrogen) atoms. The van der Waals surface area contributed by atoms with E-state index in [-0.39, 0.29) is 11.3 Å². The molecule has 0 atom stereocenters. The quantitative estimate of drug-likeness (QED) is 0.681. The van der Waals surface area contributed by atoms with Crippen molar-refractivity contribution >= 4 is 5.91 Å². The first kappa shape index (κ1) is 19.4. The number of aromatic nitrogens is 3. The van der Waals surface area contributed by atoms with Crippen LogP contribution in [0.25, 0.3) is 5.69 Å². The van der Waals surface area contributed by atoms with Crippen molar-refractivity contribution in [2.24, 2.45) is 0 Å². The van der Waals surface area contributed by atoms with Crippen molar-refractivity contribution in [1.82, 2.24) is 20.3 Å². The van der Waals surface area contributed by atoms with Gasteiger partial charge in [0, 0.05) is 12.6 Å².